The van der Waals surface area contributed by atoms with E-state index >= 15 is 0 Å². The number of methoxy groups -OCH3 is 2. The summed E-state index contributed by atoms with van der Waals surface area (Å²) in [6.07, 6.45) is 0. The summed E-state index contributed by atoms with van der Waals surface area (Å²) in [7, 11) is 5.11. The van der Waals surface area contributed by atoms with E-state index in [1.165, 1.54) is 0 Å². The van der Waals surface area contributed by atoms with Crippen molar-refractivity contribution in [3.05, 3.63) is 29.8 Å². The van der Waals surface area contributed by atoms with Gasteiger partial charge in [0, 0.05) is 34.4 Å². The van der Waals surface area contributed by atoms with Crippen LogP contribution in [0.1, 0.15) is 19.4 Å². The van der Waals surface area contributed by atoms with Crippen molar-refractivity contribution >= 4 is 29.9 Å². The molecule has 0 saturated heterocycles. The van der Waals surface area contributed by atoms with Crippen molar-refractivity contribution in [2.45, 2.75) is 26.0 Å². The molecule has 0 radical (unpaired) electrons. The normalized spacial score (nSPS) is 11.6. The van der Waals surface area contributed by atoms with Crippen molar-refractivity contribution in [3.8, 4) is 5.75 Å². The zero-order valence-electron chi connectivity index (χ0n) is 15.2. The van der Waals surface area contributed by atoms with Crippen molar-refractivity contribution in [3.63, 3.8) is 0 Å². The highest BCUT2D eigenvalue weighted by molar-refractivity contribution is 14.0. The first-order chi connectivity index (χ1) is 11.0. The van der Waals surface area contributed by atoms with Crippen LogP contribution < -0.4 is 15.4 Å². The fourth-order valence-corrected chi connectivity index (χ4v) is 1.72. The summed E-state index contributed by atoms with van der Waals surface area (Å²) >= 11 is 0. The summed E-state index contributed by atoms with van der Waals surface area (Å²) in [5, 5.41) is 6.53. The molecule has 0 unspecified atom stereocenters. The minimum absolute atomic E-state index is 0. The molecular weight excluding hydrogens is 421 g/mol. The zero-order chi connectivity index (χ0) is 17.1. The van der Waals surface area contributed by atoms with Gasteiger partial charge >= 0.3 is 0 Å². The predicted octanol–water partition coefficient (Wildman–Crippen LogP) is 2.42. The Morgan fingerprint density at radius 2 is 1.75 bits per heavy atom. The Labute approximate surface area is 162 Å². The smallest absolute Gasteiger partial charge is 0.191 e. The van der Waals surface area contributed by atoms with E-state index in [1.54, 1.807) is 21.3 Å². The van der Waals surface area contributed by atoms with E-state index < -0.39 is 0 Å². The molecule has 0 amide bonds. The topological polar surface area (TPSA) is 64.1 Å². The molecule has 138 valence electrons. The van der Waals surface area contributed by atoms with E-state index in [2.05, 4.69) is 15.6 Å². The quantitative estimate of drug-likeness (QED) is 0.261. The SMILES string of the molecule is CN=C(NCc1ccc(OCCOC)cc1)NCC(C)(C)OC.I. The molecule has 0 atom stereocenters. The highest BCUT2D eigenvalue weighted by Crippen LogP contribution is 2.12. The van der Waals surface area contributed by atoms with Crippen LogP contribution in [0.2, 0.25) is 0 Å². The van der Waals surface area contributed by atoms with Crippen LogP contribution in [0.3, 0.4) is 0 Å². The van der Waals surface area contributed by atoms with Crippen LogP contribution in [0.15, 0.2) is 29.3 Å². The molecule has 0 aliphatic rings. The first-order valence-corrected chi connectivity index (χ1v) is 7.71. The number of nitrogens with zero attached hydrogens (tertiary/aromatic N) is 1. The van der Waals surface area contributed by atoms with E-state index in [9.17, 15) is 0 Å². The number of aliphatic imine (C=N–C) groups is 1. The maximum atomic E-state index is 5.54. The lowest BCUT2D eigenvalue weighted by molar-refractivity contribution is 0.0268. The molecular formula is C17H30IN3O3. The standard InChI is InChI=1S/C17H29N3O3.HI/c1-17(2,22-5)13-20-16(18-3)19-12-14-6-8-15(9-7-14)23-11-10-21-4;/h6-9H,10-13H2,1-5H3,(H2,18,19,20);1H. The van der Waals surface area contributed by atoms with Gasteiger partial charge in [0.1, 0.15) is 12.4 Å². The summed E-state index contributed by atoms with van der Waals surface area (Å²) in [5.41, 5.74) is 0.914. The van der Waals surface area contributed by atoms with Gasteiger partial charge in [0.25, 0.3) is 0 Å². The zero-order valence-corrected chi connectivity index (χ0v) is 17.5. The Morgan fingerprint density at radius 3 is 2.29 bits per heavy atom. The van der Waals surface area contributed by atoms with Crippen LogP contribution in [0.25, 0.3) is 0 Å². The molecule has 1 aromatic rings. The van der Waals surface area contributed by atoms with Gasteiger partial charge in [0.15, 0.2) is 5.96 Å². The van der Waals surface area contributed by atoms with Gasteiger partial charge in [-0.3, -0.25) is 4.99 Å². The highest BCUT2D eigenvalue weighted by Gasteiger charge is 2.16. The Hall–Kier alpha value is -1.06. The van der Waals surface area contributed by atoms with Gasteiger partial charge in [-0.25, -0.2) is 0 Å². The number of benzene rings is 1. The summed E-state index contributed by atoms with van der Waals surface area (Å²) in [6.45, 7) is 6.55. The second-order valence-electron chi connectivity index (χ2n) is 5.73. The molecule has 24 heavy (non-hydrogen) atoms. The molecule has 2 N–H and O–H groups in total. The van der Waals surface area contributed by atoms with E-state index in [-0.39, 0.29) is 29.6 Å². The van der Waals surface area contributed by atoms with Crippen LogP contribution in [0, 0.1) is 0 Å². The third-order valence-electron chi connectivity index (χ3n) is 3.40. The molecule has 0 spiro atoms. The summed E-state index contributed by atoms with van der Waals surface area (Å²) in [4.78, 5) is 4.21. The maximum Gasteiger partial charge on any atom is 0.191 e. The Morgan fingerprint density at radius 1 is 1.08 bits per heavy atom. The van der Waals surface area contributed by atoms with Crippen LogP contribution in [-0.4, -0.2) is 52.6 Å². The molecule has 6 nitrogen and oxygen atoms in total. The molecule has 0 heterocycles. The van der Waals surface area contributed by atoms with Gasteiger partial charge < -0.3 is 24.8 Å². The molecule has 7 heteroatoms. The minimum atomic E-state index is -0.237. The molecule has 0 aliphatic heterocycles. The Bertz CT molecular complexity index is 478. The summed E-state index contributed by atoms with van der Waals surface area (Å²) in [5.74, 6) is 1.59. The second-order valence-corrected chi connectivity index (χ2v) is 5.73. The third-order valence-corrected chi connectivity index (χ3v) is 3.40. The molecule has 1 rings (SSSR count). The number of guanidine groups is 1. The van der Waals surface area contributed by atoms with Crippen molar-refractivity contribution in [2.24, 2.45) is 4.99 Å². The average molecular weight is 451 g/mol. The van der Waals surface area contributed by atoms with Gasteiger partial charge in [-0.2, -0.15) is 0 Å². The molecule has 0 saturated carbocycles. The van der Waals surface area contributed by atoms with E-state index in [4.69, 9.17) is 14.2 Å². The van der Waals surface area contributed by atoms with Crippen molar-refractivity contribution < 1.29 is 14.2 Å². The fraction of sp³-hybridized carbons (Fsp3) is 0.588. The highest BCUT2D eigenvalue weighted by atomic mass is 127. The van der Waals surface area contributed by atoms with Crippen LogP contribution >= 0.6 is 24.0 Å². The van der Waals surface area contributed by atoms with E-state index in [0.29, 0.717) is 26.3 Å². The predicted molar refractivity (Wildman–Crippen MR) is 109 cm³/mol. The molecule has 0 aromatic heterocycles. The molecule has 0 aliphatic carbocycles. The van der Waals surface area contributed by atoms with Crippen molar-refractivity contribution in [1.82, 2.24) is 10.6 Å². The van der Waals surface area contributed by atoms with Gasteiger partial charge in [-0.05, 0) is 31.5 Å². The Kier molecular flexibility index (Phi) is 11.8. The number of hydrogen-bond donors (Lipinski definition) is 2. The lowest BCUT2D eigenvalue weighted by Crippen LogP contribution is -2.45. The van der Waals surface area contributed by atoms with Gasteiger partial charge in [0.05, 0.1) is 12.2 Å². The van der Waals surface area contributed by atoms with Gasteiger partial charge in [0.2, 0.25) is 0 Å². The minimum Gasteiger partial charge on any atom is -0.491 e. The van der Waals surface area contributed by atoms with E-state index in [1.807, 2.05) is 38.1 Å². The maximum absolute atomic E-state index is 5.54. The van der Waals surface area contributed by atoms with Gasteiger partial charge in [-0.1, -0.05) is 12.1 Å². The number of ether oxygens (including phenoxy) is 3. The lowest BCUT2D eigenvalue weighted by Gasteiger charge is -2.24. The number of halogens is 1. The monoisotopic (exact) mass is 451 g/mol. The summed E-state index contributed by atoms with van der Waals surface area (Å²) in [6, 6.07) is 7.97. The average Bonchev–Trinajstić information content (AvgIpc) is 2.56. The molecule has 0 bridgehead atoms. The fourth-order valence-electron chi connectivity index (χ4n) is 1.72. The third kappa shape index (κ3) is 9.29. The molecule has 0 fully saturated rings. The number of rotatable bonds is 9. The van der Waals surface area contributed by atoms with Crippen LogP contribution in [0.5, 0.6) is 5.75 Å². The van der Waals surface area contributed by atoms with Crippen LogP contribution in [0.4, 0.5) is 0 Å². The Balaban J connectivity index is 0.00000529. The second kappa shape index (κ2) is 12.3. The van der Waals surface area contributed by atoms with Gasteiger partial charge in [-0.15, -0.1) is 24.0 Å². The van der Waals surface area contributed by atoms with Crippen molar-refractivity contribution in [1.29, 1.82) is 0 Å². The summed E-state index contributed by atoms with van der Waals surface area (Å²) < 4.78 is 15.9. The number of nitrogens with one attached hydrogen (secondary N) is 2. The molecule has 1 aromatic carbocycles. The first-order valence-electron chi connectivity index (χ1n) is 7.71. The largest absolute Gasteiger partial charge is 0.491 e. The van der Waals surface area contributed by atoms with Crippen molar-refractivity contribution in [2.75, 3.05) is 41.0 Å². The number of hydrogen-bond acceptors (Lipinski definition) is 4. The first kappa shape index (κ1) is 22.9. The van der Waals surface area contributed by atoms with Crippen LogP contribution in [-0.2, 0) is 16.0 Å². The van der Waals surface area contributed by atoms with E-state index in [0.717, 1.165) is 17.3 Å². The lowest BCUT2D eigenvalue weighted by atomic mass is 10.1.